The normalized spacial score (nSPS) is 18.9. The van der Waals surface area contributed by atoms with Crippen LogP contribution in [-0.2, 0) is 11.0 Å². The lowest BCUT2D eigenvalue weighted by molar-refractivity contribution is -0.136. The largest absolute Gasteiger partial charge is 0.417 e. The van der Waals surface area contributed by atoms with Gasteiger partial charge in [-0.25, -0.2) is 4.98 Å². The molecule has 1 atom stereocenters. The molecule has 2 aliphatic rings. The summed E-state index contributed by atoms with van der Waals surface area (Å²) in [6, 6.07) is 6.59. The lowest BCUT2D eigenvalue weighted by Gasteiger charge is -2.19. The highest BCUT2D eigenvalue weighted by Gasteiger charge is 2.43. The minimum atomic E-state index is -4.70. The van der Waals surface area contributed by atoms with Crippen LogP contribution in [0.2, 0.25) is 5.02 Å². The first kappa shape index (κ1) is 19.3. The Labute approximate surface area is 177 Å². The van der Waals surface area contributed by atoms with Crippen molar-refractivity contribution in [2.24, 2.45) is 0 Å². The van der Waals surface area contributed by atoms with Crippen molar-refractivity contribution in [2.75, 3.05) is 11.9 Å². The SMILES string of the molecule is O=C1Nc2c(sc3nc(-c4ccc(Cl)cc4)cc(C(F)(F)F)c23)C(=O)N2CCC[C@H]12. The number of carbonyl (C=O) groups is 2. The summed E-state index contributed by atoms with van der Waals surface area (Å²) >= 11 is 6.75. The van der Waals surface area contributed by atoms with Gasteiger partial charge >= 0.3 is 6.18 Å². The van der Waals surface area contributed by atoms with E-state index in [0.717, 1.165) is 17.4 Å². The number of thiophene rings is 1. The number of aromatic nitrogens is 1. The van der Waals surface area contributed by atoms with Gasteiger partial charge in [-0.05, 0) is 31.0 Å². The zero-order valence-corrected chi connectivity index (χ0v) is 16.8. The smallest absolute Gasteiger partial charge is 0.326 e. The Morgan fingerprint density at radius 2 is 1.93 bits per heavy atom. The number of benzene rings is 1. The Morgan fingerprint density at radius 1 is 1.20 bits per heavy atom. The molecule has 0 spiro atoms. The molecule has 1 fully saturated rings. The second kappa shape index (κ2) is 6.68. The van der Waals surface area contributed by atoms with Crippen LogP contribution in [0.15, 0.2) is 30.3 Å². The molecule has 4 heterocycles. The molecular formula is C20H13ClF3N3O2S. The maximum atomic E-state index is 14.0. The van der Waals surface area contributed by atoms with Gasteiger partial charge in [-0.15, -0.1) is 11.3 Å². The maximum Gasteiger partial charge on any atom is 0.417 e. The van der Waals surface area contributed by atoms with Crippen molar-refractivity contribution in [1.82, 2.24) is 9.88 Å². The molecule has 0 aliphatic carbocycles. The fourth-order valence-electron chi connectivity index (χ4n) is 3.98. The van der Waals surface area contributed by atoms with Crippen molar-refractivity contribution in [3.8, 4) is 11.3 Å². The van der Waals surface area contributed by atoms with E-state index in [1.807, 2.05) is 0 Å². The van der Waals surface area contributed by atoms with Crippen LogP contribution in [-0.4, -0.2) is 34.3 Å². The van der Waals surface area contributed by atoms with Crippen molar-refractivity contribution in [1.29, 1.82) is 0 Å². The number of nitrogens with zero attached hydrogens (tertiary/aromatic N) is 2. The first-order valence-electron chi connectivity index (χ1n) is 9.16. The Bertz CT molecular complexity index is 1210. The number of pyridine rings is 1. The molecular weight excluding hydrogens is 439 g/mol. The molecule has 0 unspecified atom stereocenters. The topological polar surface area (TPSA) is 62.3 Å². The number of anilines is 1. The molecule has 154 valence electrons. The van der Waals surface area contributed by atoms with Gasteiger partial charge in [0.1, 0.15) is 15.7 Å². The lowest BCUT2D eigenvalue weighted by atomic mass is 10.1. The molecule has 5 nitrogen and oxygen atoms in total. The quantitative estimate of drug-likeness (QED) is 0.553. The van der Waals surface area contributed by atoms with Crippen molar-refractivity contribution in [3.05, 3.63) is 45.8 Å². The van der Waals surface area contributed by atoms with Crippen LogP contribution in [0.4, 0.5) is 18.9 Å². The van der Waals surface area contributed by atoms with Gasteiger partial charge in [0.05, 0.1) is 16.9 Å². The van der Waals surface area contributed by atoms with Crippen molar-refractivity contribution >= 4 is 50.7 Å². The molecule has 30 heavy (non-hydrogen) atoms. The molecule has 2 aromatic heterocycles. The van der Waals surface area contributed by atoms with E-state index >= 15 is 0 Å². The van der Waals surface area contributed by atoms with Gasteiger partial charge in [0.25, 0.3) is 5.91 Å². The van der Waals surface area contributed by atoms with E-state index in [0.29, 0.717) is 30.0 Å². The van der Waals surface area contributed by atoms with Crippen LogP contribution in [0.5, 0.6) is 0 Å². The predicted octanol–water partition coefficient (Wildman–Crippen LogP) is 5.19. The third kappa shape index (κ3) is 2.95. The Balaban J connectivity index is 1.77. The van der Waals surface area contributed by atoms with E-state index in [1.165, 1.54) is 4.90 Å². The average Bonchev–Trinajstić information content (AvgIpc) is 3.30. The third-order valence-electron chi connectivity index (χ3n) is 5.37. The maximum absolute atomic E-state index is 14.0. The lowest BCUT2D eigenvalue weighted by Crippen LogP contribution is -2.40. The van der Waals surface area contributed by atoms with Crippen molar-refractivity contribution < 1.29 is 22.8 Å². The number of carbonyl (C=O) groups excluding carboxylic acids is 2. The number of rotatable bonds is 1. The zero-order chi connectivity index (χ0) is 21.2. The Kier molecular flexibility index (Phi) is 4.30. The van der Waals surface area contributed by atoms with Crippen LogP contribution in [0.3, 0.4) is 0 Å². The molecule has 2 aliphatic heterocycles. The number of halogens is 4. The summed E-state index contributed by atoms with van der Waals surface area (Å²) in [5.41, 5.74) is -0.460. The highest BCUT2D eigenvalue weighted by atomic mass is 35.5. The summed E-state index contributed by atoms with van der Waals surface area (Å²) < 4.78 is 42.0. The summed E-state index contributed by atoms with van der Waals surface area (Å²) in [6.45, 7) is 0.403. The molecule has 3 aromatic rings. The van der Waals surface area contributed by atoms with Crippen LogP contribution in [0.25, 0.3) is 21.5 Å². The number of fused-ring (bicyclic) bond motifs is 4. The molecule has 5 rings (SSSR count). The molecule has 1 N–H and O–H groups in total. The number of hydrogen-bond acceptors (Lipinski definition) is 4. The highest BCUT2D eigenvalue weighted by Crippen LogP contribution is 2.46. The van der Waals surface area contributed by atoms with E-state index in [4.69, 9.17) is 11.6 Å². The zero-order valence-electron chi connectivity index (χ0n) is 15.2. The van der Waals surface area contributed by atoms with Gasteiger partial charge in [0.15, 0.2) is 0 Å². The standard InChI is InChI=1S/C20H13ClF3N3O2S/c21-10-5-3-9(4-6-10)12-8-11(20(22,23)24)14-15-16(30-18(14)25-12)19(29)27-7-1-2-13(27)17(28)26-15/h3-6,8,13H,1-2,7H2,(H,26,28)/t13-/m1/s1. The van der Waals surface area contributed by atoms with Gasteiger partial charge in [0.2, 0.25) is 5.91 Å². The van der Waals surface area contributed by atoms with E-state index in [9.17, 15) is 22.8 Å². The van der Waals surface area contributed by atoms with Crippen LogP contribution in [0, 0.1) is 0 Å². The summed E-state index contributed by atoms with van der Waals surface area (Å²) in [6.07, 6.45) is -3.53. The predicted molar refractivity (Wildman–Crippen MR) is 108 cm³/mol. The number of hydrogen-bond donors (Lipinski definition) is 1. The molecule has 0 radical (unpaired) electrons. The van der Waals surface area contributed by atoms with Crippen LogP contribution < -0.4 is 5.32 Å². The van der Waals surface area contributed by atoms with Crippen LogP contribution >= 0.6 is 22.9 Å². The molecule has 0 saturated carbocycles. The van der Waals surface area contributed by atoms with E-state index in [2.05, 4.69) is 10.3 Å². The summed E-state index contributed by atoms with van der Waals surface area (Å²) in [7, 11) is 0. The minimum absolute atomic E-state index is 0.0473. The molecule has 1 aromatic carbocycles. The third-order valence-corrected chi connectivity index (χ3v) is 6.69. The van der Waals surface area contributed by atoms with Crippen molar-refractivity contribution in [3.63, 3.8) is 0 Å². The van der Waals surface area contributed by atoms with E-state index < -0.39 is 29.6 Å². The number of amides is 2. The summed E-state index contributed by atoms with van der Waals surface area (Å²) in [5.74, 6) is -0.899. The highest BCUT2D eigenvalue weighted by molar-refractivity contribution is 7.21. The van der Waals surface area contributed by atoms with Crippen LogP contribution in [0.1, 0.15) is 28.1 Å². The second-order valence-electron chi connectivity index (χ2n) is 7.19. The summed E-state index contributed by atoms with van der Waals surface area (Å²) in [5, 5.41) is 2.78. The number of nitrogens with one attached hydrogen (secondary N) is 1. The molecule has 0 bridgehead atoms. The molecule has 2 amide bonds. The second-order valence-corrected chi connectivity index (χ2v) is 8.63. The van der Waals surface area contributed by atoms with Gasteiger partial charge in [-0.2, -0.15) is 13.2 Å². The minimum Gasteiger partial charge on any atom is -0.326 e. The average molecular weight is 452 g/mol. The molecule has 1 saturated heterocycles. The molecule has 10 heteroatoms. The first-order valence-corrected chi connectivity index (χ1v) is 10.4. The van der Waals surface area contributed by atoms with Gasteiger partial charge < -0.3 is 10.2 Å². The van der Waals surface area contributed by atoms with E-state index in [1.54, 1.807) is 24.3 Å². The monoisotopic (exact) mass is 451 g/mol. The Hall–Kier alpha value is -2.65. The number of alkyl halides is 3. The first-order chi connectivity index (χ1) is 14.2. The van der Waals surface area contributed by atoms with E-state index in [-0.39, 0.29) is 26.5 Å². The Morgan fingerprint density at radius 3 is 2.63 bits per heavy atom. The fraction of sp³-hybridized carbons (Fsp3) is 0.250. The fourth-order valence-corrected chi connectivity index (χ4v) is 5.22. The summed E-state index contributed by atoms with van der Waals surface area (Å²) in [4.78, 5) is 31.6. The van der Waals surface area contributed by atoms with Gasteiger partial charge in [0, 0.05) is 22.5 Å². The van der Waals surface area contributed by atoms with Gasteiger partial charge in [-0.1, -0.05) is 23.7 Å². The van der Waals surface area contributed by atoms with Gasteiger partial charge in [-0.3, -0.25) is 9.59 Å². The van der Waals surface area contributed by atoms with Crippen molar-refractivity contribution in [2.45, 2.75) is 25.1 Å².